The van der Waals surface area contributed by atoms with Gasteiger partial charge < -0.3 is 24.8 Å². The number of imidazole rings is 1. The molecular weight excluding hydrogens is 340 g/mol. The van der Waals surface area contributed by atoms with Crippen LogP contribution >= 0.6 is 0 Å². The smallest absolute Gasteiger partial charge is 0.191 e. The van der Waals surface area contributed by atoms with Crippen LogP contribution in [0.3, 0.4) is 0 Å². The van der Waals surface area contributed by atoms with Crippen LogP contribution < -0.4 is 10.6 Å². The minimum Gasteiger partial charge on any atom is -0.385 e. The maximum atomic E-state index is 5.10. The number of methoxy groups -OCH3 is 1. The second kappa shape index (κ2) is 12.1. The van der Waals surface area contributed by atoms with Crippen LogP contribution in [0.25, 0.3) is 5.69 Å². The van der Waals surface area contributed by atoms with Gasteiger partial charge >= 0.3 is 0 Å². The summed E-state index contributed by atoms with van der Waals surface area (Å²) in [7, 11) is 3.87. The van der Waals surface area contributed by atoms with Crippen molar-refractivity contribution in [2.45, 2.75) is 19.9 Å². The van der Waals surface area contributed by atoms with Gasteiger partial charge in [0, 0.05) is 52.3 Å². The summed E-state index contributed by atoms with van der Waals surface area (Å²) in [4.78, 5) is 11.2. The number of likely N-dealkylation sites (N-methyl/N-ethyl adjacent to an activating group) is 1. The van der Waals surface area contributed by atoms with Gasteiger partial charge in [0.15, 0.2) is 5.96 Å². The van der Waals surface area contributed by atoms with E-state index in [0.29, 0.717) is 6.54 Å². The number of para-hydroxylation sites is 1. The third-order valence-electron chi connectivity index (χ3n) is 4.20. The zero-order valence-corrected chi connectivity index (χ0v) is 16.7. The Kier molecular flexibility index (Phi) is 9.37. The standard InChI is InChI=1S/C20H32N6O/c1-4-22-20(23-11-13-25(2)12-7-15-27-3)24-16-18-8-5-6-9-19(18)26-14-10-21-17-26/h5-6,8-10,14,17H,4,7,11-13,15-16H2,1-3H3,(H2,22,23,24). The average molecular weight is 373 g/mol. The maximum Gasteiger partial charge on any atom is 0.191 e. The predicted molar refractivity (Wildman–Crippen MR) is 110 cm³/mol. The van der Waals surface area contributed by atoms with Gasteiger partial charge in [0.2, 0.25) is 0 Å². The summed E-state index contributed by atoms with van der Waals surface area (Å²) in [5.74, 6) is 0.836. The molecule has 1 aromatic carbocycles. The van der Waals surface area contributed by atoms with Crippen molar-refractivity contribution in [2.75, 3.05) is 46.9 Å². The van der Waals surface area contributed by atoms with E-state index in [1.165, 1.54) is 0 Å². The van der Waals surface area contributed by atoms with Gasteiger partial charge in [0.25, 0.3) is 0 Å². The molecule has 0 spiro atoms. The SMILES string of the molecule is CCNC(=NCc1ccccc1-n1ccnc1)NCCN(C)CCCOC. The number of ether oxygens (including phenoxy) is 1. The van der Waals surface area contributed by atoms with Crippen molar-refractivity contribution >= 4 is 5.96 Å². The molecule has 27 heavy (non-hydrogen) atoms. The zero-order chi connectivity index (χ0) is 19.3. The molecule has 0 atom stereocenters. The van der Waals surface area contributed by atoms with E-state index >= 15 is 0 Å². The first kappa shape index (κ1) is 20.9. The fourth-order valence-electron chi connectivity index (χ4n) is 2.76. The van der Waals surface area contributed by atoms with Gasteiger partial charge in [-0.2, -0.15) is 0 Å². The lowest BCUT2D eigenvalue weighted by Gasteiger charge is -2.18. The summed E-state index contributed by atoms with van der Waals surface area (Å²) in [6.07, 6.45) is 6.60. The van der Waals surface area contributed by atoms with Gasteiger partial charge in [0.05, 0.1) is 18.6 Å². The Labute approximate surface area is 162 Å². The minimum absolute atomic E-state index is 0.605. The molecule has 148 valence electrons. The van der Waals surface area contributed by atoms with E-state index in [-0.39, 0.29) is 0 Å². The van der Waals surface area contributed by atoms with Crippen LogP contribution in [-0.2, 0) is 11.3 Å². The number of aromatic nitrogens is 2. The number of aliphatic imine (C=N–C) groups is 1. The van der Waals surface area contributed by atoms with Gasteiger partial charge in [-0.25, -0.2) is 9.98 Å². The van der Waals surface area contributed by atoms with Crippen molar-refractivity contribution in [1.82, 2.24) is 25.1 Å². The maximum absolute atomic E-state index is 5.10. The van der Waals surface area contributed by atoms with Gasteiger partial charge in [-0.15, -0.1) is 0 Å². The molecule has 2 N–H and O–H groups in total. The van der Waals surface area contributed by atoms with E-state index in [4.69, 9.17) is 9.73 Å². The first-order valence-electron chi connectivity index (χ1n) is 9.50. The summed E-state index contributed by atoms with van der Waals surface area (Å²) in [5, 5.41) is 6.73. The highest BCUT2D eigenvalue weighted by Gasteiger charge is 2.05. The highest BCUT2D eigenvalue weighted by molar-refractivity contribution is 5.79. The molecule has 0 radical (unpaired) electrons. The number of rotatable bonds is 11. The fraction of sp³-hybridized carbons (Fsp3) is 0.500. The van der Waals surface area contributed by atoms with Gasteiger partial charge in [0.1, 0.15) is 0 Å². The molecule has 2 rings (SSSR count). The van der Waals surface area contributed by atoms with Crippen LogP contribution in [0.4, 0.5) is 0 Å². The summed E-state index contributed by atoms with van der Waals surface area (Å²) in [6, 6.07) is 8.26. The molecule has 0 aliphatic heterocycles. The third kappa shape index (κ3) is 7.40. The van der Waals surface area contributed by atoms with Crippen molar-refractivity contribution < 1.29 is 4.74 Å². The second-order valence-electron chi connectivity index (χ2n) is 6.37. The number of hydrogen-bond acceptors (Lipinski definition) is 4. The molecule has 7 heteroatoms. The quantitative estimate of drug-likeness (QED) is 0.358. The van der Waals surface area contributed by atoms with Crippen LogP contribution in [0, 0.1) is 0 Å². The molecule has 1 heterocycles. The first-order chi connectivity index (χ1) is 13.2. The largest absolute Gasteiger partial charge is 0.385 e. The summed E-state index contributed by atoms with van der Waals surface area (Å²) in [5.41, 5.74) is 2.26. The molecule has 0 bridgehead atoms. The lowest BCUT2D eigenvalue weighted by molar-refractivity contribution is 0.180. The average Bonchev–Trinajstić information content (AvgIpc) is 3.21. The summed E-state index contributed by atoms with van der Waals surface area (Å²) < 4.78 is 7.11. The Hall–Kier alpha value is -2.38. The molecule has 0 saturated carbocycles. The number of hydrogen-bond donors (Lipinski definition) is 2. The van der Waals surface area contributed by atoms with Crippen LogP contribution in [-0.4, -0.2) is 67.4 Å². The van der Waals surface area contributed by atoms with E-state index < -0.39 is 0 Å². The highest BCUT2D eigenvalue weighted by atomic mass is 16.5. The van der Waals surface area contributed by atoms with E-state index in [1.807, 2.05) is 29.2 Å². The van der Waals surface area contributed by atoms with Crippen LogP contribution in [0.15, 0.2) is 48.0 Å². The number of guanidine groups is 1. The molecule has 0 amide bonds. The summed E-state index contributed by atoms with van der Waals surface area (Å²) in [6.45, 7) is 7.15. The van der Waals surface area contributed by atoms with Gasteiger partial charge in [-0.3, -0.25) is 0 Å². The topological polar surface area (TPSA) is 66.7 Å². The lowest BCUT2D eigenvalue weighted by Crippen LogP contribution is -2.41. The Balaban J connectivity index is 1.90. The molecule has 1 aromatic heterocycles. The summed E-state index contributed by atoms with van der Waals surface area (Å²) >= 11 is 0. The number of benzene rings is 1. The van der Waals surface area contributed by atoms with E-state index in [2.05, 4.69) is 46.6 Å². The van der Waals surface area contributed by atoms with Crippen molar-refractivity contribution in [3.63, 3.8) is 0 Å². The second-order valence-corrected chi connectivity index (χ2v) is 6.37. The van der Waals surface area contributed by atoms with Gasteiger partial charge in [-0.05, 0) is 32.0 Å². The van der Waals surface area contributed by atoms with E-state index in [0.717, 1.165) is 56.4 Å². The van der Waals surface area contributed by atoms with Crippen molar-refractivity contribution in [1.29, 1.82) is 0 Å². The number of nitrogens with zero attached hydrogens (tertiary/aromatic N) is 4. The predicted octanol–water partition coefficient (Wildman–Crippen LogP) is 1.90. The molecule has 0 aliphatic carbocycles. The fourth-order valence-corrected chi connectivity index (χ4v) is 2.76. The van der Waals surface area contributed by atoms with Crippen LogP contribution in [0.2, 0.25) is 0 Å². The molecular formula is C20H32N6O. The Morgan fingerprint density at radius 3 is 2.85 bits per heavy atom. The lowest BCUT2D eigenvalue weighted by atomic mass is 10.2. The molecule has 0 fully saturated rings. The molecule has 0 aliphatic rings. The molecule has 0 saturated heterocycles. The highest BCUT2D eigenvalue weighted by Crippen LogP contribution is 2.14. The Bertz CT molecular complexity index is 671. The Morgan fingerprint density at radius 2 is 2.11 bits per heavy atom. The Morgan fingerprint density at radius 1 is 1.26 bits per heavy atom. The van der Waals surface area contributed by atoms with Gasteiger partial charge in [-0.1, -0.05) is 18.2 Å². The normalized spacial score (nSPS) is 11.8. The third-order valence-corrected chi connectivity index (χ3v) is 4.20. The molecule has 0 unspecified atom stereocenters. The monoisotopic (exact) mass is 372 g/mol. The first-order valence-corrected chi connectivity index (χ1v) is 9.50. The van der Waals surface area contributed by atoms with Crippen molar-refractivity contribution in [3.05, 3.63) is 48.5 Å². The van der Waals surface area contributed by atoms with E-state index in [1.54, 1.807) is 13.3 Å². The van der Waals surface area contributed by atoms with Crippen LogP contribution in [0.1, 0.15) is 18.9 Å². The van der Waals surface area contributed by atoms with Crippen molar-refractivity contribution in [3.8, 4) is 5.69 Å². The van der Waals surface area contributed by atoms with Crippen LogP contribution in [0.5, 0.6) is 0 Å². The number of nitrogens with one attached hydrogen (secondary N) is 2. The van der Waals surface area contributed by atoms with E-state index in [9.17, 15) is 0 Å². The minimum atomic E-state index is 0.605. The molecule has 7 nitrogen and oxygen atoms in total. The molecule has 2 aromatic rings. The van der Waals surface area contributed by atoms with Crippen molar-refractivity contribution in [2.24, 2.45) is 4.99 Å². The zero-order valence-electron chi connectivity index (χ0n) is 16.7.